The summed E-state index contributed by atoms with van der Waals surface area (Å²) in [5.74, 6) is 0.908. The van der Waals surface area contributed by atoms with E-state index in [9.17, 15) is 10.1 Å². The Hall–Kier alpha value is -2.65. The van der Waals surface area contributed by atoms with Gasteiger partial charge < -0.3 is 22.1 Å². The molecule has 1 aromatic heterocycles. The molecule has 150 valence electrons. The van der Waals surface area contributed by atoms with Gasteiger partial charge in [0.2, 0.25) is 11.8 Å². The van der Waals surface area contributed by atoms with Gasteiger partial charge in [-0.15, -0.1) is 0 Å². The van der Waals surface area contributed by atoms with E-state index < -0.39 is 4.92 Å². The molecule has 0 amide bonds. The first-order chi connectivity index (χ1) is 13.4. The summed E-state index contributed by atoms with van der Waals surface area (Å²) in [6.45, 7) is 0.965. The zero-order chi connectivity index (χ0) is 20.1. The van der Waals surface area contributed by atoms with Gasteiger partial charge in [0.05, 0.1) is 4.92 Å². The van der Waals surface area contributed by atoms with E-state index in [1.54, 1.807) is 18.2 Å². The maximum Gasteiger partial charge on any atom is 0.329 e. The quantitative estimate of drug-likeness (QED) is 0.312. The van der Waals surface area contributed by atoms with Gasteiger partial charge in [-0.2, -0.15) is 4.98 Å². The molecule has 1 saturated carbocycles. The molecule has 1 aliphatic carbocycles. The van der Waals surface area contributed by atoms with Crippen LogP contribution in [0.15, 0.2) is 24.4 Å². The Labute approximate surface area is 168 Å². The van der Waals surface area contributed by atoms with Crippen molar-refractivity contribution < 1.29 is 4.92 Å². The molecule has 9 nitrogen and oxygen atoms in total. The SMILES string of the molecule is Nc1ccc(Cl)c(CNc2ncc([N+](=O)[O-])c(NCC3CCC(N)CC3)n2)c1. The van der Waals surface area contributed by atoms with Crippen molar-refractivity contribution in [3.63, 3.8) is 0 Å². The minimum atomic E-state index is -0.488. The molecule has 0 spiro atoms. The van der Waals surface area contributed by atoms with Crippen molar-refractivity contribution in [2.75, 3.05) is 22.9 Å². The Morgan fingerprint density at radius 2 is 2.00 bits per heavy atom. The lowest BCUT2D eigenvalue weighted by atomic mass is 9.86. The van der Waals surface area contributed by atoms with Crippen LogP contribution in [-0.2, 0) is 6.54 Å². The minimum Gasteiger partial charge on any atom is -0.399 e. The van der Waals surface area contributed by atoms with Crippen molar-refractivity contribution >= 4 is 34.7 Å². The molecule has 0 saturated heterocycles. The highest BCUT2D eigenvalue weighted by Gasteiger charge is 2.21. The van der Waals surface area contributed by atoms with E-state index in [1.165, 1.54) is 6.20 Å². The van der Waals surface area contributed by atoms with Crippen molar-refractivity contribution in [1.82, 2.24) is 9.97 Å². The summed E-state index contributed by atoms with van der Waals surface area (Å²) in [5, 5.41) is 18.0. The predicted molar refractivity (Wildman–Crippen MR) is 110 cm³/mol. The predicted octanol–water partition coefficient (Wildman–Crippen LogP) is 3.16. The summed E-state index contributed by atoms with van der Waals surface area (Å²) >= 11 is 6.16. The largest absolute Gasteiger partial charge is 0.399 e. The molecule has 1 fully saturated rings. The Morgan fingerprint density at radius 1 is 1.25 bits per heavy atom. The Kier molecular flexibility index (Phi) is 6.48. The molecule has 1 heterocycles. The first kappa shape index (κ1) is 20.1. The van der Waals surface area contributed by atoms with Gasteiger partial charge in [-0.1, -0.05) is 11.6 Å². The van der Waals surface area contributed by atoms with Crippen LogP contribution in [0.3, 0.4) is 0 Å². The fourth-order valence-corrected chi connectivity index (χ4v) is 3.45. The molecule has 28 heavy (non-hydrogen) atoms. The lowest BCUT2D eigenvalue weighted by molar-refractivity contribution is -0.384. The van der Waals surface area contributed by atoms with Crippen LogP contribution in [0.1, 0.15) is 31.2 Å². The third-order valence-corrected chi connectivity index (χ3v) is 5.29. The highest BCUT2D eigenvalue weighted by molar-refractivity contribution is 6.31. The summed E-state index contributed by atoms with van der Waals surface area (Å²) in [6, 6.07) is 5.45. The van der Waals surface area contributed by atoms with E-state index in [1.807, 2.05) is 0 Å². The average Bonchev–Trinajstić information content (AvgIpc) is 2.68. The topological polar surface area (TPSA) is 145 Å². The van der Waals surface area contributed by atoms with Crippen molar-refractivity contribution in [3.05, 3.63) is 45.1 Å². The third kappa shape index (κ3) is 5.20. The van der Waals surface area contributed by atoms with Gasteiger partial charge in [-0.25, -0.2) is 4.98 Å². The van der Waals surface area contributed by atoms with E-state index in [0.29, 0.717) is 29.7 Å². The van der Waals surface area contributed by atoms with Gasteiger partial charge in [0.15, 0.2) is 0 Å². The van der Waals surface area contributed by atoms with Gasteiger partial charge >= 0.3 is 5.69 Å². The summed E-state index contributed by atoms with van der Waals surface area (Å²) in [5.41, 5.74) is 12.9. The molecule has 1 aromatic carbocycles. The summed E-state index contributed by atoms with van der Waals surface area (Å²) in [4.78, 5) is 19.1. The van der Waals surface area contributed by atoms with E-state index >= 15 is 0 Å². The molecule has 0 bridgehead atoms. The Morgan fingerprint density at radius 3 is 2.71 bits per heavy atom. The molecule has 2 aromatic rings. The van der Waals surface area contributed by atoms with E-state index in [4.69, 9.17) is 23.1 Å². The molecule has 0 radical (unpaired) electrons. The second kappa shape index (κ2) is 9.03. The fourth-order valence-electron chi connectivity index (χ4n) is 3.26. The number of aromatic nitrogens is 2. The molecule has 3 rings (SSSR count). The van der Waals surface area contributed by atoms with Gasteiger partial charge in [0.1, 0.15) is 6.20 Å². The second-order valence-electron chi connectivity index (χ2n) is 7.05. The number of nitrogens with one attached hydrogen (secondary N) is 2. The van der Waals surface area contributed by atoms with Crippen LogP contribution in [0.2, 0.25) is 5.02 Å². The highest BCUT2D eigenvalue weighted by atomic mass is 35.5. The number of hydrogen-bond donors (Lipinski definition) is 4. The van der Waals surface area contributed by atoms with E-state index in [-0.39, 0.29) is 23.5 Å². The number of nitrogens with zero attached hydrogens (tertiary/aromatic N) is 3. The first-order valence-electron chi connectivity index (χ1n) is 9.21. The van der Waals surface area contributed by atoms with Gasteiger partial charge in [0.25, 0.3) is 0 Å². The Balaban J connectivity index is 1.68. The maximum atomic E-state index is 11.3. The number of hydrogen-bond acceptors (Lipinski definition) is 8. The Bertz CT molecular complexity index is 841. The molecule has 10 heteroatoms. The molecular formula is C18H24ClN7O2. The maximum absolute atomic E-state index is 11.3. The monoisotopic (exact) mass is 405 g/mol. The first-order valence-corrected chi connectivity index (χ1v) is 9.59. The van der Waals surface area contributed by atoms with Crippen LogP contribution in [0.4, 0.5) is 23.1 Å². The van der Waals surface area contributed by atoms with Crippen LogP contribution >= 0.6 is 11.6 Å². The van der Waals surface area contributed by atoms with Gasteiger partial charge in [0, 0.05) is 29.8 Å². The van der Waals surface area contributed by atoms with Gasteiger partial charge in [-0.3, -0.25) is 10.1 Å². The van der Waals surface area contributed by atoms with Crippen LogP contribution in [0.5, 0.6) is 0 Å². The van der Waals surface area contributed by atoms with Crippen LogP contribution < -0.4 is 22.1 Å². The second-order valence-corrected chi connectivity index (χ2v) is 7.46. The molecule has 1 aliphatic rings. The number of halogens is 1. The zero-order valence-corrected chi connectivity index (χ0v) is 16.2. The number of anilines is 3. The van der Waals surface area contributed by atoms with Crippen LogP contribution in [0.25, 0.3) is 0 Å². The fraction of sp³-hybridized carbons (Fsp3) is 0.444. The van der Waals surface area contributed by atoms with Crippen molar-refractivity contribution in [2.45, 2.75) is 38.3 Å². The minimum absolute atomic E-state index is 0.153. The number of benzene rings is 1. The number of nitrogen functional groups attached to an aromatic ring is 1. The average molecular weight is 406 g/mol. The van der Waals surface area contributed by atoms with Crippen LogP contribution in [0, 0.1) is 16.0 Å². The standard InChI is InChI=1S/C18H24ClN7O2/c19-15-6-5-14(21)7-12(15)9-23-18-24-10-16(26(27)28)17(25-18)22-8-11-1-3-13(20)4-2-11/h5-7,10-11,13H,1-4,8-9,20-21H2,(H2,22,23,24,25). The van der Waals surface area contributed by atoms with E-state index in [0.717, 1.165) is 31.2 Å². The van der Waals surface area contributed by atoms with Crippen molar-refractivity contribution in [1.29, 1.82) is 0 Å². The molecule has 6 N–H and O–H groups in total. The number of nitrogens with two attached hydrogens (primary N) is 2. The highest BCUT2D eigenvalue weighted by Crippen LogP contribution is 2.27. The third-order valence-electron chi connectivity index (χ3n) is 4.92. The molecule has 0 unspecified atom stereocenters. The molecule has 0 atom stereocenters. The zero-order valence-electron chi connectivity index (χ0n) is 15.4. The normalized spacial score (nSPS) is 19.2. The van der Waals surface area contributed by atoms with Crippen LogP contribution in [-0.4, -0.2) is 27.5 Å². The smallest absolute Gasteiger partial charge is 0.329 e. The number of rotatable bonds is 7. The number of nitro groups is 1. The summed E-state index contributed by atoms with van der Waals surface area (Å²) < 4.78 is 0. The van der Waals surface area contributed by atoms with Gasteiger partial charge in [-0.05, 0) is 55.4 Å². The summed E-state index contributed by atoms with van der Waals surface area (Å²) in [7, 11) is 0. The van der Waals surface area contributed by atoms with Crippen molar-refractivity contribution in [2.24, 2.45) is 11.7 Å². The lowest BCUT2D eigenvalue weighted by Crippen LogP contribution is -2.29. The molecular weight excluding hydrogens is 382 g/mol. The molecule has 0 aliphatic heterocycles. The van der Waals surface area contributed by atoms with E-state index in [2.05, 4.69) is 20.6 Å². The lowest BCUT2D eigenvalue weighted by Gasteiger charge is -2.26. The summed E-state index contributed by atoms with van der Waals surface area (Å²) in [6.07, 6.45) is 5.17. The van der Waals surface area contributed by atoms with Crippen molar-refractivity contribution in [3.8, 4) is 0 Å².